The van der Waals surface area contributed by atoms with Gasteiger partial charge >= 0.3 is 0 Å². The standard InChI is InChI=1S/C18H20ClNO2S/c1-18(20,13-21)10-9-17-8-7-16(23-17)6-3-11-22-15-5-2-4-14(19)12-15/h2,4-5,7-8,12,21H,9-11,13,20H2,1H3. The number of aryl methyl sites for hydroxylation is 1. The molecule has 3 nitrogen and oxygen atoms in total. The molecule has 5 heteroatoms. The van der Waals surface area contributed by atoms with Gasteiger partial charge in [0.05, 0.1) is 11.5 Å². The average Bonchev–Trinajstić information content (AvgIpc) is 2.98. The SMILES string of the molecule is CC(N)(CO)CCc1ccc(C#CCOc2cccc(Cl)c2)s1. The smallest absolute Gasteiger partial charge is 0.149 e. The molecule has 2 rings (SSSR count). The first-order valence-corrected chi connectivity index (χ1v) is 8.54. The lowest BCUT2D eigenvalue weighted by Gasteiger charge is -2.20. The number of ether oxygens (including phenoxy) is 1. The van der Waals surface area contributed by atoms with Crippen LogP contribution in [0.5, 0.6) is 5.75 Å². The first-order chi connectivity index (χ1) is 11.0. The van der Waals surface area contributed by atoms with Crippen LogP contribution in [0.15, 0.2) is 36.4 Å². The van der Waals surface area contributed by atoms with Crippen molar-refractivity contribution in [3.8, 4) is 17.6 Å². The molecular weight excluding hydrogens is 330 g/mol. The van der Waals surface area contributed by atoms with Gasteiger partial charge in [-0.25, -0.2) is 0 Å². The number of halogens is 1. The van der Waals surface area contributed by atoms with E-state index in [9.17, 15) is 0 Å². The average molecular weight is 350 g/mol. The second-order valence-electron chi connectivity index (χ2n) is 5.63. The van der Waals surface area contributed by atoms with Crippen molar-refractivity contribution in [1.29, 1.82) is 0 Å². The number of hydrogen-bond acceptors (Lipinski definition) is 4. The third kappa shape index (κ3) is 6.25. The Balaban J connectivity index is 1.83. The molecule has 0 radical (unpaired) electrons. The lowest BCUT2D eigenvalue weighted by atomic mass is 9.98. The molecule has 0 saturated carbocycles. The first kappa shape index (κ1) is 17.8. The molecule has 0 amide bonds. The van der Waals surface area contributed by atoms with Crippen molar-refractivity contribution in [3.63, 3.8) is 0 Å². The number of thiophene rings is 1. The van der Waals surface area contributed by atoms with E-state index in [1.807, 2.05) is 25.1 Å². The van der Waals surface area contributed by atoms with Crippen molar-refractivity contribution >= 4 is 22.9 Å². The minimum absolute atomic E-state index is 0.00806. The van der Waals surface area contributed by atoms with Gasteiger partial charge in [-0.3, -0.25) is 0 Å². The Kier molecular flexibility index (Phi) is 6.49. The summed E-state index contributed by atoms with van der Waals surface area (Å²) in [6.07, 6.45) is 1.59. The minimum Gasteiger partial charge on any atom is -0.481 e. The van der Waals surface area contributed by atoms with Gasteiger partial charge in [0.1, 0.15) is 12.4 Å². The van der Waals surface area contributed by atoms with E-state index >= 15 is 0 Å². The monoisotopic (exact) mass is 349 g/mol. The Labute approximate surface area is 146 Å². The van der Waals surface area contributed by atoms with Crippen molar-refractivity contribution in [2.45, 2.75) is 25.3 Å². The molecule has 0 aliphatic heterocycles. The Morgan fingerprint density at radius 3 is 2.91 bits per heavy atom. The Morgan fingerprint density at radius 2 is 2.17 bits per heavy atom. The Morgan fingerprint density at radius 1 is 1.35 bits per heavy atom. The molecule has 0 bridgehead atoms. The highest BCUT2D eigenvalue weighted by Gasteiger charge is 2.16. The normalized spacial score (nSPS) is 13.0. The maximum absolute atomic E-state index is 9.17. The summed E-state index contributed by atoms with van der Waals surface area (Å²) >= 11 is 7.53. The van der Waals surface area contributed by atoms with E-state index in [4.69, 9.17) is 27.2 Å². The van der Waals surface area contributed by atoms with Gasteiger partial charge in [0.2, 0.25) is 0 Å². The fourth-order valence-corrected chi connectivity index (χ4v) is 2.93. The van der Waals surface area contributed by atoms with Crippen LogP contribution in [0.25, 0.3) is 0 Å². The summed E-state index contributed by atoms with van der Waals surface area (Å²) in [5.41, 5.74) is 5.41. The van der Waals surface area contributed by atoms with E-state index in [1.54, 1.807) is 23.5 Å². The van der Waals surface area contributed by atoms with Gasteiger partial charge in [0.25, 0.3) is 0 Å². The second-order valence-corrected chi connectivity index (χ2v) is 7.23. The van der Waals surface area contributed by atoms with Gasteiger partial charge < -0.3 is 15.6 Å². The summed E-state index contributed by atoms with van der Waals surface area (Å²) in [5.74, 6) is 6.80. The van der Waals surface area contributed by atoms with E-state index in [2.05, 4.69) is 17.9 Å². The summed E-state index contributed by atoms with van der Waals surface area (Å²) in [5, 5.41) is 9.81. The zero-order valence-electron chi connectivity index (χ0n) is 13.0. The maximum Gasteiger partial charge on any atom is 0.149 e. The predicted octanol–water partition coefficient (Wildman–Crippen LogP) is 3.47. The van der Waals surface area contributed by atoms with Crippen LogP contribution in [0.1, 0.15) is 23.1 Å². The van der Waals surface area contributed by atoms with Crippen molar-refractivity contribution in [1.82, 2.24) is 0 Å². The summed E-state index contributed by atoms with van der Waals surface area (Å²) in [4.78, 5) is 2.22. The lowest BCUT2D eigenvalue weighted by molar-refractivity contribution is 0.201. The number of hydrogen-bond donors (Lipinski definition) is 2. The molecule has 0 saturated heterocycles. The van der Waals surface area contributed by atoms with Gasteiger partial charge in [-0.2, -0.15) is 0 Å². The van der Waals surface area contributed by atoms with Crippen LogP contribution in [0.3, 0.4) is 0 Å². The van der Waals surface area contributed by atoms with Crippen LogP contribution < -0.4 is 10.5 Å². The van der Waals surface area contributed by atoms with Crippen LogP contribution in [0.2, 0.25) is 5.02 Å². The van der Waals surface area contributed by atoms with Crippen molar-refractivity contribution in [2.75, 3.05) is 13.2 Å². The zero-order chi connectivity index (χ0) is 16.7. The minimum atomic E-state index is -0.527. The van der Waals surface area contributed by atoms with Crippen LogP contribution in [0.4, 0.5) is 0 Å². The molecule has 1 unspecified atom stereocenters. The van der Waals surface area contributed by atoms with Gasteiger partial charge in [0.15, 0.2) is 0 Å². The molecule has 2 aromatic rings. The van der Waals surface area contributed by atoms with Crippen molar-refractivity contribution < 1.29 is 9.84 Å². The highest BCUT2D eigenvalue weighted by Crippen LogP contribution is 2.20. The molecule has 3 N–H and O–H groups in total. The molecule has 1 aromatic carbocycles. The third-order valence-electron chi connectivity index (χ3n) is 3.28. The number of benzene rings is 1. The Hall–Kier alpha value is -1.51. The molecule has 122 valence electrons. The lowest BCUT2D eigenvalue weighted by Crippen LogP contribution is -2.40. The first-order valence-electron chi connectivity index (χ1n) is 7.34. The molecule has 0 fully saturated rings. The van der Waals surface area contributed by atoms with Crippen molar-refractivity contribution in [3.05, 3.63) is 51.2 Å². The van der Waals surface area contributed by atoms with Crippen molar-refractivity contribution in [2.24, 2.45) is 5.73 Å². The number of nitrogens with two attached hydrogens (primary N) is 1. The summed E-state index contributed by atoms with van der Waals surface area (Å²) < 4.78 is 5.52. The van der Waals surface area contributed by atoms with Crippen LogP contribution in [-0.2, 0) is 6.42 Å². The molecule has 23 heavy (non-hydrogen) atoms. The molecular formula is C18H20ClNO2S. The highest BCUT2D eigenvalue weighted by atomic mass is 35.5. The topological polar surface area (TPSA) is 55.5 Å². The van der Waals surface area contributed by atoms with Gasteiger partial charge in [0, 0.05) is 15.4 Å². The molecule has 0 aliphatic rings. The van der Waals surface area contributed by atoms with E-state index in [-0.39, 0.29) is 6.61 Å². The summed E-state index contributed by atoms with van der Waals surface area (Å²) in [6, 6.07) is 11.3. The van der Waals surface area contributed by atoms with Crippen LogP contribution in [0, 0.1) is 11.8 Å². The zero-order valence-corrected chi connectivity index (χ0v) is 14.6. The van der Waals surface area contributed by atoms with E-state index in [1.165, 1.54) is 4.88 Å². The summed E-state index contributed by atoms with van der Waals surface area (Å²) in [6.45, 7) is 2.17. The van der Waals surface area contributed by atoms with E-state index in [0.717, 1.165) is 17.7 Å². The van der Waals surface area contributed by atoms with Gasteiger partial charge in [-0.05, 0) is 50.1 Å². The van der Waals surface area contributed by atoms with Gasteiger partial charge in [-0.1, -0.05) is 29.5 Å². The quantitative estimate of drug-likeness (QED) is 0.785. The number of rotatable bonds is 6. The maximum atomic E-state index is 9.17. The fourth-order valence-electron chi connectivity index (χ4n) is 1.87. The number of aliphatic hydroxyl groups is 1. The van der Waals surface area contributed by atoms with Crippen LogP contribution in [-0.4, -0.2) is 23.9 Å². The van der Waals surface area contributed by atoms with E-state index in [0.29, 0.717) is 17.4 Å². The molecule has 0 aliphatic carbocycles. The molecule has 1 heterocycles. The highest BCUT2D eigenvalue weighted by molar-refractivity contribution is 7.12. The third-order valence-corrected chi connectivity index (χ3v) is 4.58. The second kappa shape index (κ2) is 8.37. The largest absolute Gasteiger partial charge is 0.481 e. The molecule has 0 spiro atoms. The van der Waals surface area contributed by atoms with E-state index < -0.39 is 5.54 Å². The Bertz CT molecular complexity index is 700. The number of aliphatic hydroxyl groups excluding tert-OH is 1. The predicted molar refractivity (Wildman–Crippen MR) is 96.1 cm³/mol. The summed E-state index contributed by atoms with van der Waals surface area (Å²) in [7, 11) is 0. The fraction of sp³-hybridized carbons (Fsp3) is 0.333. The molecule has 1 aromatic heterocycles. The van der Waals surface area contributed by atoms with Gasteiger partial charge in [-0.15, -0.1) is 11.3 Å². The van der Waals surface area contributed by atoms with Crippen LogP contribution >= 0.6 is 22.9 Å². The molecule has 1 atom stereocenters.